The zero-order chi connectivity index (χ0) is 21.7. The van der Waals surface area contributed by atoms with Crippen molar-refractivity contribution >= 4 is 22.3 Å². The monoisotopic (exact) mass is 420 g/mol. The highest BCUT2D eigenvalue weighted by molar-refractivity contribution is 5.93. The zero-order valence-corrected chi connectivity index (χ0v) is 16.5. The highest BCUT2D eigenvalue weighted by Gasteiger charge is 2.31. The van der Waals surface area contributed by atoms with Gasteiger partial charge in [0.15, 0.2) is 5.82 Å². The SMILES string of the molecule is C1CCOC1.Cc1nnc(NCc2cc(N)cc(C(F)(F)F)c2)c2cc(O)ccc12. The minimum atomic E-state index is -4.47. The number of phenolic OH excluding ortho intramolecular Hbond substituents is 1. The number of nitrogens with zero attached hydrogens (tertiary/aromatic N) is 2. The average molecular weight is 420 g/mol. The van der Waals surface area contributed by atoms with Gasteiger partial charge in [-0.3, -0.25) is 0 Å². The van der Waals surface area contributed by atoms with E-state index in [1.807, 2.05) is 0 Å². The lowest BCUT2D eigenvalue weighted by Gasteiger charge is -2.13. The molecule has 4 N–H and O–H groups in total. The number of ether oxygens (including phenoxy) is 1. The second-order valence-corrected chi connectivity index (χ2v) is 7.00. The smallest absolute Gasteiger partial charge is 0.416 e. The van der Waals surface area contributed by atoms with Gasteiger partial charge in [-0.05, 0) is 61.7 Å². The van der Waals surface area contributed by atoms with Crippen LogP contribution in [-0.4, -0.2) is 28.5 Å². The van der Waals surface area contributed by atoms with E-state index in [9.17, 15) is 18.3 Å². The maximum Gasteiger partial charge on any atom is 0.416 e. The van der Waals surface area contributed by atoms with Crippen LogP contribution >= 0.6 is 0 Å². The van der Waals surface area contributed by atoms with Crippen LogP contribution in [0.3, 0.4) is 0 Å². The molecule has 1 aliphatic rings. The van der Waals surface area contributed by atoms with Gasteiger partial charge >= 0.3 is 6.18 Å². The predicted octanol–water partition coefficient (Wildman–Crippen LogP) is 4.65. The van der Waals surface area contributed by atoms with E-state index in [-0.39, 0.29) is 18.0 Å². The maximum atomic E-state index is 12.9. The molecule has 0 amide bonds. The van der Waals surface area contributed by atoms with Crippen molar-refractivity contribution in [1.29, 1.82) is 0 Å². The number of alkyl halides is 3. The van der Waals surface area contributed by atoms with Gasteiger partial charge < -0.3 is 20.9 Å². The van der Waals surface area contributed by atoms with Crippen LogP contribution in [0.15, 0.2) is 36.4 Å². The van der Waals surface area contributed by atoms with E-state index < -0.39 is 11.7 Å². The highest BCUT2D eigenvalue weighted by atomic mass is 19.4. The van der Waals surface area contributed by atoms with Crippen molar-refractivity contribution in [2.24, 2.45) is 0 Å². The molecular formula is C21H23F3N4O2. The molecule has 160 valence electrons. The van der Waals surface area contributed by atoms with Crippen molar-refractivity contribution < 1.29 is 23.0 Å². The van der Waals surface area contributed by atoms with Gasteiger partial charge in [0, 0.05) is 36.2 Å². The summed E-state index contributed by atoms with van der Waals surface area (Å²) in [5.74, 6) is 0.429. The lowest BCUT2D eigenvalue weighted by Crippen LogP contribution is -2.09. The summed E-state index contributed by atoms with van der Waals surface area (Å²) in [5, 5.41) is 22.1. The third-order valence-electron chi connectivity index (χ3n) is 4.58. The summed E-state index contributed by atoms with van der Waals surface area (Å²) < 4.78 is 43.6. The minimum Gasteiger partial charge on any atom is -0.508 e. The van der Waals surface area contributed by atoms with Crippen LogP contribution in [0.2, 0.25) is 0 Å². The topological polar surface area (TPSA) is 93.3 Å². The molecule has 6 nitrogen and oxygen atoms in total. The molecule has 1 aliphatic heterocycles. The number of halogens is 3. The molecule has 1 fully saturated rings. The number of aryl methyl sites for hydroxylation is 1. The van der Waals surface area contributed by atoms with E-state index >= 15 is 0 Å². The van der Waals surface area contributed by atoms with Gasteiger partial charge in [0.2, 0.25) is 0 Å². The fourth-order valence-electron chi connectivity index (χ4n) is 3.09. The lowest BCUT2D eigenvalue weighted by atomic mass is 10.1. The Balaban J connectivity index is 0.000000448. The lowest BCUT2D eigenvalue weighted by molar-refractivity contribution is -0.137. The van der Waals surface area contributed by atoms with Crippen molar-refractivity contribution in [2.75, 3.05) is 24.3 Å². The fraction of sp³-hybridized carbons (Fsp3) is 0.333. The molecule has 9 heteroatoms. The summed E-state index contributed by atoms with van der Waals surface area (Å²) in [6.45, 7) is 3.86. The minimum absolute atomic E-state index is 0.0316. The average Bonchev–Trinajstić information content (AvgIpc) is 3.26. The summed E-state index contributed by atoms with van der Waals surface area (Å²) in [6.07, 6.45) is -1.91. The van der Waals surface area contributed by atoms with Crippen molar-refractivity contribution in [3.8, 4) is 5.75 Å². The van der Waals surface area contributed by atoms with E-state index in [0.717, 1.165) is 30.7 Å². The standard InChI is InChI=1S/C17H15F3N4O.C4H8O/c1-9-14-3-2-13(25)7-15(14)16(24-23-9)22-8-10-4-11(17(18,19)20)6-12(21)5-10;1-2-4-5-3-1/h2-7,25H,8,21H2,1H3,(H,22,24);1-4H2. The first-order chi connectivity index (χ1) is 14.2. The van der Waals surface area contributed by atoms with E-state index in [0.29, 0.717) is 22.5 Å². The fourth-order valence-corrected chi connectivity index (χ4v) is 3.09. The second kappa shape index (κ2) is 9.17. The molecule has 0 spiro atoms. The van der Waals surface area contributed by atoms with Crippen LogP contribution < -0.4 is 11.1 Å². The van der Waals surface area contributed by atoms with Gasteiger partial charge in [-0.1, -0.05) is 0 Å². The Morgan fingerprint density at radius 3 is 2.43 bits per heavy atom. The molecule has 0 unspecified atom stereocenters. The van der Waals surface area contributed by atoms with E-state index in [4.69, 9.17) is 10.5 Å². The van der Waals surface area contributed by atoms with Crippen molar-refractivity contribution in [1.82, 2.24) is 10.2 Å². The quantitative estimate of drug-likeness (QED) is 0.534. The molecule has 0 radical (unpaired) electrons. The highest BCUT2D eigenvalue weighted by Crippen LogP contribution is 2.32. The van der Waals surface area contributed by atoms with Gasteiger partial charge in [0.1, 0.15) is 5.75 Å². The van der Waals surface area contributed by atoms with Gasteiger partial charge in [0.05, 0.1) is 11.3 Å². The van der Waals surface area contributed by atoms with Crippen molar-refractivity contribution in [3.05, 3.63) is 53.2 Å². The first-order valence-electron chi connectivity index (χ1n) is 9.48. The molecule has 0 saturated carbocycles. The normalized spacial score (nSPS) is 13.7. The number of phenols is 1. The molecule has 0 aliphatic carbocycles. The number of rotatable bonds is 3. The maximum absolute atomic E-state index is 12.9. The van der Waals surface area contributed by atoms with Crippen LogP contribution in [0.4, 0.5) is 24.7 Å². The number of nitrogens with one attached hydrogen (secondary N) is 1. The molecule has 0 atom stereocenters. The van der Waals surface area contributed by atoms with Crippen LogP contribution in [-0.2, 0) is 17.5 Å². The van der Waals surface area contributed by atoms with Gasteiger partial charge in [0.25, 0.3) is 0 Å². The first-order valence-corrected chi connectivity index (χ1v) is 9.48. The Morgan fingerprint density at radius 1 is 1.07 bits per heavy atom. The Labute approximate surface area is 171 Å². The van der Waals surface area contributed by atoms with Crippen LogP contribution in [0.5, 0.6) is 5.75 Å². The molecule has 1 saturated heterocycles. The predicted molar refractivity (Wildman–Crippen MR) is 109 cm³/mol. The summed E-state index contributed by atoms with van der Waals surface area (Å²) in [5.41, 5.74) is 5.84. The van der Waals surface area contributed by atoms with Gasteiger partial charge in [-0.2, -0.15) is 18.3 Å². The Bertz CT molecular complexity index is 1010. The Hall–Kier alpha value is -3.07. The van der Waals surface area contributed by atoms with Crippen LogP contribution in [0, 0.1) is 6.92 Å². The number of fused-ring (bicyclic) bond motifs is 1. The molecule has 4 rings (SSSR count). The first kappa shape index (κ1) is 21.6. The van der Waals surface area contributed by atoms with Crippen LogP contribution in [0.1, 0.15) is 29.7 Å². The third kappa shape index (κ3) is 5.50. The number of hydrogen-bond donors (Lipinski definition) is 3. The number of anilines is 2. The molecule has 0 bridgehead atoms. The van der Waals surface area contributed by atoms with E-state index in [2.05, 4.69) is 15.5 Å². The summed E-state index contributed by atoms with van der Waals surface area (Å²) in [4.78, 5) is 0. The number of aromatic hydroxyl groups is 1. The molecule has 30 heavy (non-hydrogen) atoms. The largest absolute Gasteiger partial charge is 0.508 e. The number of nitrogen functional groups attached to an aromatic ring is 1. The molecule has 2 heterocycles. The molecule has 3 aromatic rings. The number of benzene rings is 2. The summed E-state index contributed by atoms with van der Waals surface area (Å²) in [6, 6.07) is 8.16. The van der Waals surface area contributed by atoms with Gasteiger partial charge in [-0.15, -0.1) is 5.10 Å². The Kier molecular flexibility index (Phi) is 6.61. The second-order valence-electron chi connectivity index (χ2n) is 7.00. The molecule has 1 aromatic heterocycles. The van der Waals surface area contributed by atoms with E-state index in [1.165, 1.54) is 31.0 Å². The molecular weight excluding hydrogens is 397 g/mol. The van der Waals surface area contributed by atoms with Crippen molar-refractivity contribution in [2.45, 2.75) is 32.5 Å². The zero-order valence-electron chi connectivity index (χ0n) is 16.5. The molecule has 2 aromatic carbocycles. The van der Waals surface area contributed by atoms with E-state index in [1.54, 1.807) is 13.0 Å². The third-order valence-corrected chi connectivity index (χ3v) is 4.58. The van der Waals surface area contributed by atoms with Gasteiger partial charge in [-0.25, -0.2) is 0 Å². The van der Waals surface area contributed by atoms with Crippen LogP contribution in [0.25, 0.3) is 10.8 Å². The Morgan fingerprint density at radius 2 is 1.80 bits per heavy atom. The number of hydrogen-bond acceptors (Lipinski definition) is 6. The summed E-state index contributed by atoms with van der Waals surface area (Å²) in [7, 11) is 0. The van der Waals surface area contributed by atoms with Crippen molar-refractivity contribution in [3.63, 3.8) is 0 Å². The number of aromatic nitrogens is 2. The summed E-state index contributed by atoms with van der Waals surface area (Å²) >= 11 is 0. The number of nitrogens with two attached hydrogens (primary N) is 1.